The van der Waals surface area contributed by atoms with Crippen molar-refractivity contribution in [3.63, 3.8) is 0 Å². The molecule has 1 N–H and O–H groups in total. The van der Waals surface area contributed by atoms with E-state index in [-0.39, 0.29) is 23.3 Å². The molecule has 1 fully saturated rings. The number of aliphatic imine (C=N–C) groups is 1. The molecular formula is C25H25Cl2F3N6O. The van der Waals surface area contributed by atoms with Gasteiger partial charge in [-0.3, -0.25) is 10.2 Å². The van der Waals surface area contributed by atoms with Gasteiger partial charge in [0, 0.05) is 12.5 Å². The van der Waals surface area contributed by atoms with Gasteiger partial charge in [-0.2, -0.15) is 23.5 Å². The van der Waals surface area contributed by atoms with Crippen LogP contribution in [-0.4, -0.2) is 54.4 Å². The second-order valence-electron chi connectivity index (χ2n) is 8.85. The molecule has 2 aromatic rings. The smallest absolute Gasteiger partial charge is 0.416 e. The van der Waals surface area contributed by atoms with E-state index in [0.29, 0.717) is 35.5 Å². The van der Waals surface area contributed by atoms with Gasteiger partial charge < -0.3 is 4.74 Å². The highest BCUT2D eigenvalue weighted by Crippen LogP contribution is 2.37. The van der Waals surface area contributed by atoms with Gasteiger partial charge in [-0.25, -0.2) is 10.0 Å². The summed E-state index contributed by atoms with van der Waals surface area (Å²) in [6.07, 6.45) is -0.525. The van der Waals surface area contributed by atoms with Crippen molar-refractivity contribution in [2.24, 2.45) is 16.0 Å². The summed E-state index contributed by atoms with van der Waals surface area (Å²) in [5.74, 6) is 0.0825. The van der Waals surface area contributed by atoms with Crippen molar-refractivity contribution in [3.8, 4) is 11.9 Å². The predicted octanol–water partition coefficient (Wildman–Crippen LogP) is 5.90. The molecule has 2 heterocycles. The van der Waals surface area contributed by atoms with Crippen LogP contribution in [0.3, 0.4) is 0 Å². The third kappa shape index (κ3) is 6.66. The molecule has 12 heteroatoms. The first-order chi connectivity index (χ1) is 17.7. The maximum Gasteiger partial charge on any atom is 0.416 e. The molecule has 196 valence electrons. The van der Waals surface area contributed by atoms with Gasteiger partial charge >= 0.3 is 6.18 Å². The Labute approximate surface area is 223 Å². The van der Waals surface area contributed by atoms with Crippen molar-refractivity contribution < 1.29 is 17.9 Å². The molecule has 0 aliphatic carbocycles. The molecule has 1 unspecified atom stereocenters. The van der Waals surface area contributed by atoms with Crippen molar-refractivity contribution in [1.29, 1.82) is 5.26 Å². The van der Waals surface area contributed by atoms with Gasteiger partial charge in [-0.1, -0.05) is 36.2 Å². The highest BCUT2D eigenvalue weighted by molar-refractivity contribution is 6.42. The fourth-order valence-electron chi connectivity index (χ4n) is 4.26. The molecule has 7 nitrogen and oxygen atoms in total. The third-order valence-electron chi connectivity index (χ3n) is 6.15. The number of guanidine groups is 1. The topological polar surface area (TPSA) is 76.2 Å². The van der Waals surface area contributed by atoms with E-state index in [1.54, 1.807) is 24.4 Å². The van der Waals surface area contributed by atoms with E-state index in [1.165, 1.54) is 11.1 Å². The Hall–Kier alpha value is -3.00. The molecular weight excluding hydrogens is 528 g/mol. The Morgan fingerprint density at radius 2 is 1.95 bits per heavy atom. The van der Waals surface area contributed by atoms with Crippen LogP contribution in [0.4, 0.5) is 18.9 Å². The molecule has 0 amide bonds. The van der Waals surface area contributed by atoms with Gasteiger partial charge in [0.05, 0.1) is 27.9 Å². The van der Waals surface area contributed by atoms with Crippen molar-refractivity contribution in [3.05, 3.63) is 57.6 Å². The number of nitriles is 1. The molecule has 0 spiro atoms. The van der Waals surface area contributed by atoms with Crippen LogP contribution in [0.15, 0.2) is 46.5 Å². The number of hydrogen-bond acceptors (Lipinski definition) is 5. The fourth-order valence-corrected chi connectivity index (χ4v) is 4.55. The van der Waals surface area contributed by atoms with Gasteiger partial charge in [0.1, 0.15) is 18.0 Å². The number of halogens is 5. The minimum Gasteiger partial charge on any atom is -0.490 e. The van der Waals surface area contributed by atoms with Crippen LogP contribution in [-0.2, 0) is 6.18 Å². The van der Waals surface area contributed by atoms with Crippen LogP contribution in [0.2, 0.25) is 10.0 Å². The zero-order valence-electron chi connectivity index (χ0n) is 20.0. The first-order valence-corrected chi connectivity index (χ1v) is 12.5. The average molecular weight is 553 g/mol. The number of ether oxygens (including phenoxy) is 1. The van der Waals surface area contributed by atoms with E-state index < -0.39 is 11.7 Å². The Balaban J connectivity index is 1.65. The van der Waals surface area contributed by atoms with Crippen molar-refractivity contribution in [2.45, 2.75) is 25.9 Å². The summed E-state index contributed by atoms with van der Waals surface area (Å²) in [6, 6.07) is 8.26. The molecule has 2 aliphatic heterocycles. The lowest BCUT2D eigenvalue weighted by Gasteiger charge is -2.18. The summed E-state index contributed by atoms with van der Waals surface area (Å²) in [6.45, 7) is 5.19. The molecule has 0 saturated carbocycles. The normalized spacial score (nSPS) is 18.6. The molecule has 37 heavy (non-hydrogen) atoms. The molecule has 4 rings (SSSR count). The standard InChI is InChI=1S/C25H25Cl2F3N6O/c1-16-14-36(34-23(16)17-4-6-19(26)20(27)12-17)24(32-15-31)33-21-13-18(25(28,29)30)5-7-22(21)37-11-10-35-8-2-3-9-35/h4-7,12-13,16H,2-3,8-11,14H2,1H3,(H,32,33). The number of nitrogens with zero attached hydrogens (tertiary/aromatic N) is 5. The van der Waals surface area contributed by atoms with E-state index >= 15 is 0 Å². The summed E-state index contributed by atoms with van der Waals surface area (Å²) in [5.41, 5.74) is 0.493. The first kappa shape index (κ1) is 27.0. The van der Waals surface area contributed by atoms with E-state index in [2.05, 4.69) is 20.3 Å². The zero-order chi connectivity index (χ0) is 26.6. The molecule has 2 aromatic carbocycles. The van der Waals surface area contributed by atoms with Crippen LogP contribution >= 0.6 is 23.2 Å². The van der Waals surface area contributed by atoms with E-state index in [9.17, 15) is 18.4 Å². The lowest BCUT2D eigenvalue weighted by Crippen LogP contribution is -2.35. The molecule has 0 aromatic heterocycles. The average Bonchev–Trinajstić information content (AvgIpc) is 3.50. The van der Waals surface area contributed by atoms with Crippen molar-refractivity contribution in [1.82, 2.24) is 15.2 Å². The second kappa shape index (κ2) is 11.6. The maximum absolute atomic E-state index is 13.5. The SMILES string of the molecule is CC1CN(C(=Nc2cc(C(F)(F)F)ccc2OCCN2CCCC2)NC#N)N=C1c1ccc(Cl)c(Cl)c1. The number of rotatable bonds is 6. The molecule has 1 atom stereocenters. The number of hydrogen-bond donors (Lipinski definition) is 1. The molecule has 2 aliphatic rings. The van der Waals surface area contributed by atoms with Crippen LogP contribution in [0, 0.1) is 17.4 Å². The lowest BCUT2D eigenvalue weighted by atomic mass is 9.99. The van der Waals surface area contributed by atoms with Crippen LogP contribution < -0.4 is 10.1 Å². The van der Waals surface area contributed by atoms with Crippen molar-refractivity contribution >= 4 is 40.6 Å². The summed E-state index contributed by atoms with van der Waals surface area (Å²) >= 11 is 12.2. The van der Waals surface area contributed by atoms with Gasteiger partial charge in [0.25, 0.3) is 0 Å². The zero-order valence-corrected chi connectivity index (χ0v) is 21.5. The van der Waals surface area contributed by atoms with Crippen molar-refractivity contribution in [2.75, 3.05) is 32.8 Å². The summed E-state index contributed by atoms with van der Waals surface area (Å²) in [4.78, 5) is 6.60. The van der Waals surface area contributed by atoms with Crippen LogP contribution in [0.5, 0.6) is 5.75 Å². The van der Waals surface area contributed by atoms with E-state index in [1.807, 2.05) is 6.92 Å². The summed E-state index contributed by atoms with van der Waals surface area (Å²) in [7, 11) is 0. The van der Waals surface area contributed by atoms with E-state index in [0.717, 1.165) is 43.6 Å². The van der Waals surface area contributed by atoms with E-state index in [4.69, 9.17) is 27.9 Å². The number of alkyl halides is 3. The Bertz CT molecular complexity index is 1240. The largest absolute Gasteiger partial charge is 0.490 e. The minimum absolute atomic E-state index is 0.0203. The Kier molecular flexibility index (Phi) is 8.47. The molecule has 0 radical (unpaired) electrons. The maximum atomic E-state index is 13.5. The first-order valence-electron chi connectivity index (χ1n) is 11.8. The molecule has 0 bridgehead atoms. The Morgan fingerprint density at radius 1 is 1.19 bits per heavy atom. The van der Waals surface area contributed by atoms with Crippen LogP contribution in [0.1, 0.15) is 30.9 Å². The number of nitrogens with one attached hydrogen (secondary N) is 1. The number of benzene rings is 2. The van der Waals surface area contributed by atoms with Crippen LogP contribution in [0.25, 0.3) is 0 Å². The quantitative estimate of drug-likeness (QED) is 0.209. The second-order valence-corrected chi connectivity index (χ2v) is 9.66. The summed E-state index contributed by atoms with van der Waals surface area (Å²) < 4.78 is 46.3. The number of hydrazone groups is 1. The van der Waals surface area contributed by atoms with Gasteiger partial charge in [0.2, 0.25) is 5.96 Å². The lowest BCUT2D eigenvalue weighted by molar-refractivity contribution is -0.137. The fraction of sp³-hybridized carbons (Fsp3) is 0.400. The monoisotopic (exact) mass is 552 g/mol. The predicted molar refractivity (Wildman–Crippen MR) is 137 cm³/mol. The highest BCUT2D eigenvalue weighted by Gasteiger charge is 2.32. The van der Waals surface area contributed by atoms with Gasteiger partial charge in [-0.05, 0) is 61.8 Å². The summed E-state index contributed by atoms with van der Waals surface area (Å²) in [5, 5.41) is 18.6. The van der Waals surface area contributed by atoms with Gasteiger partial charge in [-0.15, -0.1) is 0 Å². The molecule has 1 saturated heterocycles. The number of likely N-dealkylation sites (tertiary alicyclic amines) is 1. The van der Waals surface area contributed by atoms with Gasteiger partial charge in [0.15, 0.2) is 6.19 Å². The Morgan fingerprint density at radius 3 is 2.62 bits per heavy atom. The minimum atomic E-state index is -4.57. The highest BCUT2D eigenvalue weighted by atomic mass is 35.5. The third-order valence-corrected chi connectivity index (χ3v) is 6.89.